The summed E-state index contributed by atoms with van der Waals surface area (Å²) in [6.07, 6.45) is 73.7. The predicted molar refractivity (Wildman–Crippen MR) is 339 cm³/mol. The van der Waals surface area contributed by atoms with Crippen LogP contribution < -0.4 is 10.2 Å². The number of allylic oxidation sites excluding steroid dienone is 7. The van der Waals surface area contributed by atoms with E-state index in [1.54, 1.807) is 0 Å². The molecule has 0 saturated carbocycles. The van der Waals surface area contributed by atoms with Crippen LogP contribution in [0.3, 0.4) is 0 Å². The van der Waals surface area contributed by atoms with E-state index < -0.39 is 26.6 Å². The molecule has 0 aliphatic rings. The van der Waals surface area contributed by atoms with Gasteiger partial charge in [0.2, 0.25) is 5.91 Å². The first-order valence-electron chi connectivity index (χ1n) is 34.0. The number of phosphoric acid groups is 1. The molecule has 0 bridgehead atoms. The van der Waals surface area contributed by atoms with Gasteiger partial charge in [-0.1, -0.05) is 282 Å². The van der Waals surface area contributed by atoms with Gasteiger partial charge in [-0.3, -0.25) is 14.2 Å². The maximum Gasteiger partial charge on any atom is 0.306 e. The van der Waals surface area contributed by atoms with Gasteiger partial charge in [-0.05, 0) is 83.1 Å². The number of nitrogens with one attached hydrogen (secondary N) is 1. The van der Waals surface area contributed by atoms with Crippen LogP contribution >= 0.6 is 7.82 Å². The van der Waals surface area contributed by atoms with Crippen LogP contribution in [0.4, 0.5) is 0 Å². The van der Waals surface area contributed by atoms with Crippen molar-refractivity contribution in [3.8, 4) is 0 Å². The van der Waals surface area contributed by atoms with Crippen LogP contribution in [-0.2, 0) is 27.9 Å². The van der Waals surface area contributed by atoms with E-state index in [-0.39, 0.29) is 24.9 Å². The minimum atomic E-state index is -4.70. The molecule has 0 aromatic carbocycles. The number of hydrogen-bond acceptors (Lipinski definition) is 7. The van der Waals surface area contributed by atoms with Crippen molar-refractivity contribution >= 4 is 19.7 Å². The van der Waals surface area contributed by atoms with Crippen molar-refractivity contribution in [1.82, 2.24) is 5.32 Å². The molecule has 0 fully saturated rings. The molecule has 0 radical (unpaired) electrons. The molecule has 0 spiro atoms. The molecule has 0 aliphatic heterocycles. The number of amides is 1. The fraction of sp³-hybridized carbons (Fsp3) is 0.855. The van der Waals surface area contributed by atoms with E-state index in [4.69, 9.17) is 13.8 Å². The Labute approximate surface area is 490 Å². The second-order valence-electron chi connectivity index (χ2n) is 24.4. The van der Waals surface area contributed by atoms with Gasteiger partial charge in [-0.2, -0.15) is 0 Å². The zero-order valence-corrected chi connectivity index (χ0v) is 54.0. The lowest BCUT2D eigenvalue weighted by atomic mass is 10.0. The first kappa shape index (κ1) is 77.0. The number of carbonyl (C=O) groups excluding carboxylic acids is 2. The second-order valence-corrected chi connectivity index (χ2v) is 25.8. The average molecular weight is 1130 g/mol. The van der Waals surface area contributed by atoms with E-state index in [0.29, 0.717) is 17.4 Å². The molecular weight excluding hydrogens is 1000 g/mol. The first-order valence-corrected chi connectivity index (χ1v) is 35.4. The molecule has 0 aliphatic carbocycles. The highest BCUT2D eigenvalue weighted by Crippen LogP contribution is 2.38. The summed E-state index contributed by atoms with van der Waals surface area (Å²) in [4.78, 5) is 40.1. The van der Waals surface area contributed by atoms with Crippen LogP contribution in [0.25, 0.3) is 0 Å². The summed E-state index contributed by atoms with van der Waals surface area (Å²) in [6, 6.07) is -0.893. The van der Waals surface area contributed by atoms with Gasteiger partial charge in [0.05, 0.1) is 33.8 Å². The molecule has 9 nitrogen and oxygen atoms in total. The molecule has 1 N–H and O–H groups in total. The monoisotopic (exact) mass is 1130 g/mol. The topological polar surface area (TPSA) is 114 Å². The lowest BCUT2D eigenvalue weighted by Gasteiger charge is -2.30. The molecular formula is C69H131N2O7P. The van der Waals surface area contributed by atoms with Crippen LogP contribution in [0.1, 0.15) is 329 Å². The van der Waals surface area contributed by atoms with E-state index in [1.807, 2.05) is 33.3 Å². The van der Waals surface area contributed by atoms with Crippen molar-refractivity contribution in [1.29, 1.82) is 0 Å². The maximum atomic E-state index is 13.5. The van der Waals surface area contributed by atoms with Crippen molar-refractivity contribution in [3.05, 3.63) is 48.6 Å². The number of quaternary nitrogens is 1. The van der Waals surface area contributed by atoms with Crippen molar-refractivity contribution < 1.29 is 37.3 Å². The predicted octanol–water partition coefficient (Wildman–Crippen LogP) is 20.6. The lowest BCUT2D eigenvalue weighted by molar-refractivity contribution is -0.870. The fourth-order valence-electron chi connectivity index (χ4n) is 9.98. The summed E-state index contributed by atoms with van der Waals surface area (Å²) in [7, 11) is 1.19. The Balaban J connectivity index is 5.09. The third-order valence-corrected chi connectivity index (χ3v) is 16.2. The SMILES string of the molecule is CCCCC/C=C/C=C/CCCCCCCCC(=O)NC(COP(=O)([O-])OCC[N+](C)(C)C)C(/C=C\CCCCCCCCCCCCC)OC(=O)CCCCCCCCCCCCCCCCC/C=C/CCCCCCCC. The Hall–Kier alpha value is -2.03. The number of rotatable bonds is 62. The molecule has 464 valence electrons. The number of likely N-dealkylation sites (N-methyl/N-ethyl adjacent to an activating group) is 1. The van der Waals surface area contributed by atoms with Gasteiger partial charge in [-0.15, -0.1) is 0 Å². The van der Waals surface area contributed by atoms with Gasteiger partial charge >= 0.3 is 5.97 Å². The van der Waals surface area contributed by atoms with Crippen LogP contribution in [0.2, 0.25) is 0 Å². The zero-order valence-electron chi connectivity index (χ0n) is 53.1. The van der Waals surface area contributed by atoms with E-state index in [2.05, 4.69) is 62.5 Å². The molecule has 0 heterocycles. The first-order chi connectivity index (χ1) is 38.4. The second kappa shape index (κ2) is 59.1. The van der Waals surface area contributed by atoms with Gasteiger partial charge in [0.1, 0.15) is 19.3 Å². The molecule has 0 aromatic rings. The summed E-state index contributed by atoms with van der Waals surface area (Å²) in [5, 5.41) is 3.03. The number of unbranched alkanes of at least 4 members (excludes halogenated alkanes) is 41. The van der Waals surface area contributed by atoms with E-state index >= 15 is 0 Å². The Bertz CT molecular complexity index is 1490. The smallest absolute Gasteiger partial charge is 0.306 e. The zero-order chi connectivity index (χ0) is 57.9. The quantitative estimate of drug-likeness (QED) is 0.0161. The fourth-order valence-corrected chi connectivity index (χ4v) is 10.7. The van der Waals surface area contributed by atoms with Crippen molar-refractivity contribution in [2.75, 3.05) is 40.9 Å². The third kappa shape index (κ3) is 60.4. The average Bonchev–Trinajstić information content (AvgIpc) is 3.41. The van der Waals surface area contributed by atoms with Gasteiger partial charge in [0.15, 0.2) is 0 Å². The van der Waals surface area contributed by atoms with Crippen LogP contribution in [-0.4, -0.2) is 69.4 Å². The third-order valence-electron chi connectivity index (χ3n) is 15.3. The Morgan fingerprint density at radius 3 is 1.18 bits per heavy atom. The minimum absolute atomic E-state index is 0.0237. The molecule has 79 heavy (non-hydrogen) atoms. The molecule has 0 rings (SSSR count). The molecule has 3 unspecified atom stereocenters. The summed E-state index contributed by atoms with van der Waals surface area (Å²) in [5.41, 5.74) is 0. The molecule has 10 heteroatoms. The van der Waals surface area contributed by atoms with Crippen LogP contribution in [0.5, 0.6) is 0 Å². The van der Waals surface area contributed by atoms with Gasteiger partial charge in [-0.25, -0.2) is 0 Å². The van der Waals surface area contributed by atoms with Crippen LogP contribution in [0.15, 0.2) is 48.6 Å². The van der Waals surface area contributed by atoms with E-state index in [0.717, 1.165) is 83.5 Å². The Morgan fingerprint density at radius 2 is 0.772 bits per heavy atom. The highest BCUT2D eigenvalue weighted by atomic mass is 31.2. The van der Waals surface area contributed by atoms with E-state index in [9.17, 15) is 19.0 Å². The Kier molecular flexibility index (Phi) is 57.6. The van der Waals surface area contributed by atoms with Crippen LogP contribution in [0, 0.1) is 0 Å². The number of carbonyl (C=O) groups is 2. The summed E-state index contributed by atoms with van der Waals surface area (Å²) >= 11 is 0. The minimum Gasteiger partial charge on any atom is -0.756 e. The highest BCUT2D eigenvalue weighted by Gasteiger charge is 2.27. The molecule has 3 atom stereocenters. The van der Waals surface area contributed by atoms with E-state index in [1.165, 1.54) is 212 Å². The standard InChI is InChI=1S/C69H131N2O7P/c1-7-10-13-16-19-22-25-28-30-31-32-33-34-35-36-37-38-39-41-44-47-50-53-56-59-62-69(73)78-67(60-57-54-51-48-45-42-27-24-21-18-15-12-9-3)66(65-77-79(74,75)76-64-63-71(4,5)6)70-68(72)61-58-55-52-49-46-43-40-29-26-23-20-17-14-11-8-2/h20,23,26,28-30,57,60,66-67H,7-19,21-22,24-25,27,31-56,58-59,61-65H2,1-6H3,(H-,70,72,74,75)/b23-20+,29-26+,30-28+,60-57-. The number of ether oxygens (including phenoxy) is 1. The van der Waals surface area contributed by atoms with Gasteiger partial charge < -0.3 is 28.5 Å². The van der Waals surface area contributed by atoms with Gasteiger partial charge in [0, 0.05) is 12.8 Å². The molecule has 1 amide bonds. The normalized spacial score (nSPS) is 13.9. The highest BCUT2D eigenvalue weighted by molar-refractivity contribution is 7.45. The van der Waals surface area contributed by atoms with Crippen molar-refractivity contribution in [3.63, 3.8) is 0 Å². The Morgan fingerprint density at radius 1 is 0.443 bits per heavy atom. The number of phosphoric ester groups is 1. The summed E-state index contributed by atoms with van der Waals surface area (Å²) in [6.45, 7) is 6.84. The van der Waals surface area contributed by atoms with Crippen molar-refractivity contribution in [2.45, 2.75) is 341 Å². The summed E-state index contributed by atoms with van der Waals surface area (Å²) in [5.74, 6) is -0.542. The largest absolute Gasteiger partial charge is 0.756 e. The van der Waals surface area contributed by atoms with Gasteiger partial charge in [0.25, 0.3) is 7.82 Å². The number of nitrogens with zero attached hydrogens (tertiary/aromatic N) is 1. The lowest BCUT2D eigenvalue weighted by Crippen LogP contribution is -2.47. The molecule has 0 saturated heterocycles. The number of hydrogen-bond donors (Lipinski definition) is 1. The number of esters is 1. The maximum absolute atomic E-state index is 13.5. The summed E-state index contributed by atoms with van der Waals surface area (Å²) < 4.78 is 30.4. The molecule has 0 aromatic heterocycles. The van der Waals surface area contributed by atoms with Crippen molar-refractivity contribution in [2.24, 2.45) is 0 Å².